The van der Waals surface area contributed by atoms with Crippen LogP contribution in [0.3, 0.4) is 0 Å². The fourth-order valence-corrected chi connectivity index (χ4v) is 2.98. The van der Waals surface area contributed by atoms with Crippen LogP contribution >= 0.6 is 0 Å². The molecule has 2 atom stereocenters. The zero-order chi connectivity index (χ0) is 15.9. The van der Waals surface area contributed by atoms with E-state index in [1.165, 1.54) is 0 Å². The van der Waals surface area contributed by atoms with Crippen LogP contribution in [0.2, 0.25) is 0 Å². The molecule has 0 radical (unpaired) electrons. The number of amides is 1. The smallest absolute Gasteiger partial charge is 0.234 e. The molecule has 1 aliphatic rings. The quantitative estimate of drug-likeness (QED) is 0.745. The number of carbonyl (C=O) groups is 1. The third-order valence-corrected chi connectivity index (χ3v) is 4.23. The van der Waals surface area contributed by atoms with Crippen molar-refractivity contribution in [2.45, 2.75) is 32.4 Å². The van der Waals surface area contributed by atoms with Gasteiger partial charge in [0.2, 0.25) is 5.91 Å². The summed E-state index contributed by atoms with van der Waals surface area (Å²) >= 11 is 0. The number of nitrogens with zero attached hydrogens (tertiary/aromatic N) is 2. The third kappa shape index (κ3) is 4.56. The second-order valence-electron chi connectivity index (χ2n) is 5.73. The van der Waals surface area contributed by atoms with E-state index in [1.54, 1.807) is 6.26 Å². The van der Waals surface area contributed by atoms with Crippen molar-refractivity contribution in [2.75, 3.05) is 39.3 Å². The standard InChI is InChI=1S/C16H27N3O3/c1-3-19(4-2)14(15-6-5-9-22-15)10-17-16(21)12-18-8-7-13(20)11-18/h5-6,9,13-14,20H,3-4,7-8,10-12H2,1-2H3,(H,17,21)/t13-,14?/m0/s1. The summed E-state index contributed by atoms with van der Waals surface area (Å²) in [5.41, 5.74) is 0. The Morgan fingerprint density at radius 2 is 2.32 bits per heavy atom. The highest BCUT2D eigenvalue weighted by atomic mass is 16.3. The van der Waals surface area contributed by atoms with Gasteiger partial charge in [-0.05, 0) is 31.6 Å². The molecule has 1 aromatic rings. The third-order valence-electron chi connectivity index (χ3n) is 4.23. The summed E-state index contributed by atoms with van der Waals surface area (Å²) in [6, 6.07) is 3.88. The highest BCUT2D eigenvalue weighted by Crippen LogP contribution is 2.20. The van der Waals surface area contributed by atoms with Crippen LogP contribution < -0.4 is 5.32 Å². The second kappa shape index (κ2) is 8.31. The molecule has 0 spiro atoms. The lowest BCUT2D eigenvalue weighted by Gasteiger charge is -2.28. The lowest BCUT2D eigenvalue weighted by molar-refractivity contribution is -0.122. The number of β-amino-alcohol motifs (C(OH)–C–C–N with tert-alkyl or cyclic N) is 1. The largest absolute Gasteiger partial charge is 0.468 e. The van der Waals surface area contributed by atoms with Gasteiger partial charge in [-0.3, -0.25) is 14.6 Å². The van der Waals surface area contributed by atoms with Gasteiger partial charge in [-0.15, -0.1) is 0 Å². The molecule has 0 aromatic carbocycles. The number of carbonyl (C=O) groups excluding carboxylic acids is 1. The van der Waals surface area contributed by atoms with E-state index in [9.17, 15) is 9.90 Å². The van der Waals surface area contributed by atoms with Gasteiger partial charge in [0.05, 0.1) is 25.0 Å². The first-order chi connectivity index (χ1) is 10.6. The van der Waals surface area contributed by atoms with Crippen LogP contribution in [-0.4, -0.2) is 66.2 Å². The van der Waals surface area contributed by atoms with Gasteiger partial charge in [0, 0.05) is 19.6 Å². The number of likely N-dealkylation sites (tertiary alicyclic amines) is 1. The minimum absolute atomic E-state index is 0.00203. The summed E-state index contributed by atoms with van der Waals surface area (Å²) in [7, 11) is 0. The Hall–Kier alpha value is -1.37. The molecule has 6 nitrogen and oxygen atoms in total. The molecule has 1 aromatic heterocycles. The highest BCUT2D eigenvalue weighted by Gasteiger charge is 2.24. The van der Waals surface area contributed by atoms with Crippen LogP contribution in [0.4, 0.5) is 0 Å². The van der Waals surface area contributed by atoms with Crippen molar-refractivity contribution in [3.05, 3.63) is 24.2 Å². The van der Waals surface area contributed by atoms with Gasteiger partial charge >= 0.3 is 0 Å². The van der Waals surface area contributed by atoms with E-state index in [1.807, 2.05) is 17.0 Å². The van der Waals surface area contributed by atoms with Crippen LogP contribution in [0.1, 0.15) is 32.1 Å². The molecule has 1 amide bonds. The molecule has 6 heteroatoms. The number of hydrogen-bond donors (Lipinski definition) is 2. The molecule has 1 fully saturated rings. The maximum absolute atomic E-state index is 12.1. The van der Waals surface area contributed by atoms with E-state index in [2.05, 4.69) is 24.1 Å². The van der Waals surface area contributed by atoms with Crippen LogP contribution in [0.25, 0.3) is 0 Å². The lowest BCUT2D eigenvalue weighted by atomic mass is 10.2. The van der Waals surface area contributed by atoms with Gasteiger partial charge in [0.25, 0.3) is 0 Å². The van der Waals surface area contributed by atoms with Crippen molar-refractivity contribution in [1.82, 2.24) is 15.1 Å². The molecular formula is C16H27N3O3. The summed E-state index contributed by atoms with van der Waals surface area (Å²) < 4.78 is 5.52. The minimum atomic E-state index is -0.292. The number of likely N-dealkylation sites (N-methyl/N-ethyl adjacent to an activating group) is 1. The van der Waals surface area contributed by atoms with E-state index >= 15 is 0 Å². The Morgan fingerprint density at radius 3 is 2.86 bits per heavy atom. The number of hydrogen-bond acceptors (Lipinski definition) is 5. The first-order valence-electron chi connectivity index (χ1n) is 8.08. The fourth-order valence-electron chi connectivity index (χ4n) is 2.98. The molecule has 0 aliphatic carbocycles. The molecular weight excluding hydrogens is 282 g/mol. The maximum Gasteiger partial charge on any atom is 0.234 e. The molecule has 1 unspecified atom stereocenters. The van der Waals surface area contributed by atoms with Crippen LogP contribution in [0.15, 0.2) is 22.8 Å². The Morgan fingerprint density at radius 1 is 1.55 bits per heavy atom. The normalized spacial score (nSPS) is 20.5. The van der Waals surface area contributed by atoms with Crippen molar-refractivity contribution in [3.63, 3.8) is 0 Å². The summed E-state index contributed by atoms with van der Waals surface area (Å²) in [6.45, 7) is 8.26. The highest BCUT2D eigenvalue weighted by molar-refractivity contribution is 5.78. The zero-order valence-corrected chi connectivity index (χ0v) is 13.5. The summed E-state index contributed by atoms with van der Waals surface area (Å²) in [6.07, 6.45) is 2.13. The van der Waals surface area contributed by atoms with Crippen molar-refractivity contribution >= 4 is 5.91 Å². The average Bonchev–Trinajstić information content (AvgIpc) is 3.15. The summed E-state index contributed by atoms with van der Waals surface area (Å²) in [5.74, 6) is 0.874. The van der Waals surface area contributed by atoms with Crippen LogP contribution in [0, 0.1) is 0 Å². The van der Waals surface area contributed by atoms with Crippen molar-refractivity contribution in [1.29, 1.82) is 0 Å². The average molecular weight is 309 g/mol. The molecule has 1 saturated heterocycles. The number of aliphatic hydroxyl groups is 1. The summed E-state index contributed by atoms with van der Waals surface area (Å²) in [5, 5.41) is 12.5. The predicted molar refractivity (Wildman–Crippen MR) is 84.4 cm³/mol. The van der Waals surface area contributed by atoms with E-state index in [0.717, 1.165) is 31.8 Å². The first-order valence-corrected chi connectivity index (χ1v) is 8.08. The monoisotopic (exact) mass is 309 g/mol. The van der Waals surface area contributed by atoms with Crippen molar-refractivity contribution in [2.24, 2.45) is 0 Å². The van der Waals surface area contributed by atoms with Gasteiger partial charge in [0.15, 0.2) is 0 Å². The van der Waals surface area contributed by atoms with Gasteiger partial charge in [-0.2, -0.15) is 0 Å². The van der Waals surface area contributed by atoms with Gasteiger partial charge in [-0.1, -0.05) is 13.8 Å². The van der Waals surface area contributed by atoms with E-state index in [-0.39, 0.29) is 18.1 Å². The minimum Gasteiger partial charge on any atom is -0.468 e. The molecule has 0 bridgehead atoms. The van der Waals surface area contributed by atoms with E-state index in [4.69, 9.17) is 4.42 Å². The molecule has 22 heavy (non-hydrogen) atoms. The van der Waals surface area contributed by atoms with Gasteiger partial charge < -0.3 is 14.8 Å². The number of nitrogens with one attached hydrogen (secondary N) is 1. The Bertz CT molecular complexity index is 445. The molecule has 124 valence electrons. The van der Waals surface area contributed by atoms with Crippen molar-refractivity contribution < 1.29 is 14.3 Å². The Balaban J connectivity index is 1.86. The lowest BCUT2D eigenvalue weighted by Crippen LogP contribution is -2.41. The maximum atomic E-state index is 12.1. The molecule has 2 rings (SSSR count). The van der Waals surface area contributed by atoms with Gasteiger partial charge in [0.1, 0.15) is 5.76 Å². The molecule has 0 saturated carbocycles. The molecule has 2 N–H and O–H groups in total. The second-order valence-corrected chi connectivity index (χ2v) is 5.73. The van der Waals surface area contributed by atoms with E-state index in [0.29, 0.717) is 19.6 Å². The SMILES string of the molecule is CCN(CC)C(CNC(=O)CN1CC[C@H](O)C1)c1ccco1. The Kier molecular flexibility index (Phi) is 6.42. The molecule has 2 heterocycles. The van der Waals surface area contributed by atoms with Crippen molar-refractivity contribution in [3.8, 4) is 0 Å². The summed E-state index contributed by atoms with van der Waals surface area (Å²) in [4.78, 5) is 16.3. The first kappa shape index (κ1) is 17.0. The number of aliphatic hydroxyl groups excluding tert-OH is 1. The number of furan rings is 1. The topological polar surface area (TPSA) is 69.0 Å². The van der Waals surface area contributed by atoms with Gasteiger partial charge in [-0.25, -0.2) is 0 Å². The fraction of sp³-hybridized carbons (Fsp3) is 0.688. The van der Waals surface area contributed by atoms with Crippen LogP contribution in [0.5, 0.6) is 0 Å². The predicted octanol–water partition coefficient (Wildman–Crippen LogP) is 0.845. The number of rotatable bonds is 8. The zero-order valence-electron chi connectivity index (χ0n) is 13.5. The van der Waals surface area contributed by atoms with E-state index < -0.39 is 0 Å². The Labute approximate surface area is 132 Å². The van der Waals surface area contributed by atoms with Crippen LogP contribution in [-0.2, 0) is 4.79 Å². The molecule has 1 aliphatic heterocycles.